The van der Waals surface area contributed by atoms with Crippen molar-refractivity contribution in [2.24, 2.45) is 4.40 Å². The lowest BCUT2D eigenvalue weighted by Crippen LogP contribution is -2.19. The molecule has 3 nitrogen and oxygen atoms in total. The summed E-state index contributed by atoms with van der Waals surface area (Å²) < 4.78 is 15.8. The molecule has 1 atom stereocenters. The maximum absolute atomic E-state index is 12.0. The van der Waals surface area contributed by atoms with Gasteiger partial charge in [0, 0.05) is 28.9 Å². The molecular weight excluding hydrogens is 304 g/mol. The molecule has 0 radical (unpaired) electrons. The summed E-state index contributed by atoms with van der Waals surface area (Å²) in [4.78, 5) is 3.31. The van der Waals surface area contributed by atoms with E-state index in [1.165, 1.54) is 16.5 Å². The zero-order chi connectivity index (χ0) is 16.4. The van der Waals surface area contributed by atoms with Crippen molar-refractivity contribution in [3.63, 3.8) is 0 Å². The van der Waals surface area contributed by atoms with Gasteiger partial charge in [-0.2, -0.15) is 4.40 Å². The highest BCUT2D eigenvalue weighted by molar-refractivity contribution is 7.85. The third-order valence-corrected chi connectivity index (χ3v) is 4.96. The smallest absolute Gasteiger partial charge is 0.144 e. The molecule has 3 rings (SSSR count). The molecule has 0 saturated heterocycles. The van der Waals surface area contributed by atoms with Crippen molar-refractivity contribution >= 4 is 28.1 Å². The molecule has 0 aliphatic heterocycles. The van der Waals surface area contributed by atoms with Gasteiger partial charge in [0.05, 0.1) is 4.75 Å². The van der Waals surface area contributed by atoms with E-state index in [0.717, 1.165) is 11.1 Å². The molecule has 0 saturated carbocycles. The van der Waals surface area contributed by atoms with Gasteiger partial charge in [0.15, 0.2) is 0 Å². The number of aromatic nitrogens is 1. The first-order valence-electron chi connectivity index (χ1n) is 7.58. The minimum Gasteiger partial charge on any atom is -0.361 e. The Balaban J connectivity index is 1.93. The van der Waals surface area contributed by atoms with Gasteiger partial charge >= 0.3 is 0 Å². The Kier molecular flexibility index (Phi) is 4.18. The number of fused-ring (bicyclic) bond motifs is 1. The summed E-state index contributed by atoms with van der Waals surface area (Å²) in [5.74, 6) is 0. The van der Waals surface area contributed by atoms with E-state index < -0.39 is 11.0 Å². The second kappa shape index (κ2) is 6.13. The van der Waals surface area contributed by atoms with Crippen LogP contribution in [0.1, 0.15) is 26.3 Å². The highest BCUT2D eigenvalue weighted by Gasteiger charge is 2.18. The molecule has 4 heteroatoms. The molecule has 2 aromatic carbocycles. The van der Waals surface area contributed by atoms with Crippen molar-refractivity contribution in [1.29, 1.82) is 0 Å². The van der Waals surface area contributed by atoms with Gasteiger partial charge in [-0.05, 0) is 38.0 Å². The summed E-state index contributed by atoms with van der Waals surface area (Å²) in [5, 5.41) is 1.17. The number of hydrogen-bond acceptors (Lipinski definition) is 1. The SMILES string of the molecule is CC(C)(C)S(=O)N=Cc1ccc2c(-c3ccccc3)c[nH]c2c1. The normalized spacial score (nSPS) is 13.7. The van der Waals surface area contributed by atoms with Gasteiger partial charge in [0.2, 0.25) is 0 Å². The third kappa shape index (κ3) is 3.42. The Hall–Kier alpha value is -2.20. The number of H-pyrrole nitrogens is 1. The minimum absolute atomic E-state index is 0.340. The number of benzene rings is 2. The first-order valence-corrected chi connectivity index (χ1v) is 8.68. The van der Waals surface area contributed by atoms with Crippen molar-refractivity contribution < 1.29 is 4.21 Å². The lowest BCUT2D eigenvalue weighted by Gasteiger charge is -2.12. The van der Waals surface area contributed by atoms with Gasteiger partial charge < -0.3 is 4.98 Å². The van der Waals surface area contributed by atoms with Crippen LogP contribution >= 0.6 is 0 Å². The van der Waals surface area contributed by atoms with Crippen LogP contribution in [0.5, 0.6) is 0 Å². The molecule has 0 amide bonds. The Morgan fingerprint density at radius 3 is 2.52 bits per heavy atom. The van der Waals surface area contributed by atoms with Crippen molar-refractivity contribution in [2.45, 2.75) is 25.5 Å². The second-order valence-corrected chi connectivity index (χ2v) is 8.40. The van der Waals surface area contributed by atoms with E-state index in [2.05, 4.69) is 27.6 Å². The van der Waals surface area contributed by atoms with E-state index in [-0.39, 0.29) is 4.75 Å². The Morgan fingerprint density at radius 1 is 1.09 bits per heavy atom. The maximum atomic E-state index is 12.0. The second-order valence-electron chi connectivity index (χ2n) is 6.47. The zero-order valence-corrected chi connectivity index (χ0v) is 14.4. The summed E-state index contributed by atoms with van der Waals surface area (Å²) in [5.41, 5.74) is 4.36. The zero-order valence-electron chi connectivity index (χ0n) is 13.5. The molecule has 1 heterocycles. The van der Waals surface area contributed by atoms with Crippen molar-refractivity contribution in [3.8, 4) is 11.1 Å². The quantitative estimate of drug-likeness (QED) is 0.696. The molecule has 3 aromatic rings. The Morgan fingerprint density at radius 2 is 1.83 bits per heavy atom. The van der Waals surface area contributed by atoms with Crippen LogP contribution < -0.4 is 0 Å². The van der Waals surface area contributed by atoms with Crippen LogP contribution in [0.2, 0.25) is 0 Å². The molecule has 118 valence electrons. The largest absolute Gasteiger partial charge is 0.361 e. The highest BCUT2D eigenvalue weighted by atomic mass is 32.2. The summed E-state index contributed by atoms with van der Waals surface area (Å²) in [6.45, 7) is 5.75. The average molecular weight is 324 g/mol. The van der Waals surface area contributed by atoms with Crippen molar-refractivity contribution in [3.05, 3.63) is 60.3 Å². The fraction of sp³-hybridized carbons (Fsp3) is 0.211. The molecule has 1 unspecified atom stereocenters. The lowest BCUT2D eigenvalue weighted by molar-refractivity contribution is 0.651. The maximum Gasteiger partial charge on any atom is 0.144 e. The van der Waals surface area contributed by atoms with E-state index in [1.807, 2.05) is 57.3 Å². The number of nitrogens with one attached hydrogen (secondary N) is 1. The molecule has 0 fully saturated rings. The minimum atomic E-state index is -1.24. The number of hydrogen-bond donors (Lipinski definition) is 1. The van der Waals surface area contributed by atoms with Crippen LogP contribution in [0.3, 0.4) is 0 Å². The Labute approximate surface area is 139 Å². The molecule has 23 heavy (non-hydrogen) atoms. The van der Waals surface area contributed by atoms with Gasteiger partial charge in [-0.1, -0.05) is 42.5 Å². The fourth-order valence-electron chi connectivity index (χ4n) is 2.35. The van der Waals surface area contributed by atoms with Gasteiger partial charge in [-0.25, -0.2) is 4.21 Å². The van der Waals surface area contributed by atoms with Crippen LogP contribution in [-0.4, -0.2) is 20.2 Å². The number of rotatable bonds is 3. The van der Waals surface area contributed by atoms with E-state index in [1.54, 1.807) is 6.21 Å². The predicted octanol–water partition coefficient (Wildman–Crippen LogP) is 4.72. The highest BCUT2D eigenvalue weighted by Crippen LogP contribution is 2.28. The molecular formula is C19H20N2OS. The third-order valence-electron chi connectivity index (χ3n) is 3.61. The molecule has 1 N–H and O–H groups in total. The summed E-state index contributed by atoms with van der Waals surface area (Å²) in [7, 11) is -1.24. The van der Waals surface area contributed by atoms with E-state index >= 15 is 0 Å². The van der Waals surface area contributed by atoms with Gasteiger partial charge in [-0.15, -0.1) is 0 Å². The van der Waals surface area contributed by atoms with Crippen molar-refractivity contribution in [2.75, 3.05) is 0 Å². The summed E-state index contributed by atoms with van der Waals surface area (Å²) in [6, 6.07) is 16.4. The topological polar surface area (TPSA) is 45.2 Å². The first-order chi connectivity index (χ1) is 10.9. The van der Waals surface area contributed by atoms with Gasteiger partial charge in [-0.3, -0.25) is 0 Å². The van der Waals surface area contributed by atoms with E-state index in [0.29, 0.717) is 0 Å². The molecule has 0 aliphatic rings. The standard InChI is InChI=1S/C19H20N2OS/c1-19(2,3)23(22)21-12-14-9-10-16-17(13-20-18(16)11-14)15-7-5-4-6-8-15/h4-13,20H,1-3H3. The summed E-state index contributed by atoms with van der Waals surface area (Å²) in [6.07, 6.45) is 3.71. The number of aromatic amines is 1. The monoisotopic (exact) mass is 324 g/mol. The fourth-order valence-corrected chi connectivity index (χ4v) is 2.88. The Bertz CT molecular complexity index is 873. The van der Waals surface area contributed by atoms with Crippen LogP contribution in [0.25, 0.3) is 22.0 Å². The van der Waals surface area contributed by atoms with Crippen LogP contribution in [0, 0.1) is 0 Å². The van der Waals surface area contributed by atoms with Crippen molar-refractivity contribution in [1.82, 2.24) is 4.98 Å². The summed E-state index contributed by atoms with van der Waals surface area (Å²) >= 11 is 0. The predicted molar refractivity (Wildman–Crippen MR) is 99.2 cm³/mol. The van der Waals surface area contributed by atoms with Gasteiger partial charge in [0.25, 0.3) is 0 Å². The molecule has 0 bridgehead atoms. The molecule has 0 spiro atoms. The average Bonchev–Trinajstić information content (AvgIpc) is 2.95. The van der Waals surface area contributed by atoms with Gasteiger partial charge in [0.1, 0.15) is 11.0 Å². The van der Waals surface area contributed by atoms with Crippen LogP contribution in [0.15, 0.2) is 59.1 Å². The molecule has 1 aromatic heterocycles. The van der Waals surface area contributed by atoms with Crippen LogP contribution in [0.4, 0.5) is 0 Å². The number of nitrogens with zero attached hydrogens (tertiary/aromatic N) is 1. The lowest BCUT2D eigenvalue weighted by atomic mass is 10.0. The first kappa shape index (κ1) is 15.7. The molecule has 0 aliphatic carbocycles. The van der Waals surface area contributed by atoms with E-state index in [4.69, 9.17) is 0 Å². The van der Waals surface area contributed by atoms with E-state index in [9.17, 15) is 4.21 Å². The van der Waals surface area contributed by atoms with Crippen LogP contribution in [-0.2, 0) is 11.0 Å².